The Balaban J connectivity index is 1.79. The van der Waals surface area contributed by atoms with Crippen molar-refractivity contribution >= 4 is 66.7 Å². The molecule has 140 valence electrons. The maximum absolute atomic E-state index is 5.90. The Labute approximate surface area is 185 Å². The second-order valence-corrected chi connectivity index (χ2v) is 8.61. The minimum Gasteiger partial charge on any atom is -0.491 e. The molecule has 0 fully saturated rings. The van der Waals surface area contributed by atoms with Gasteiger partial charge in [0.05, 0.1) is 15.6 Å². The molecule has 2 rings (SSSR count). The highest BCUT2D eigenvalue weighted by Crippen LogP contribution is 2.37. The molecule has 2 aromatic carbocycles. The van der Waals surface area contributed by atoms with E-state index in [1.807, 2.05) is 24.3 Å². The van der Waals surface area contributed by atoms with Gasteiger partial charge in [0.25, 0.3) is 0 Å². The highest BCUT2D eigenvalue weighted by atomic mass is 79.9. The van der Waals surface area contributed by atoms with Crippen LogP contribution in [-0.2, 0) is 6.42 Å². The summed E-state index contributed by atoms with van der Waals surface area (Å²) in [5, 5.41) is 0.765. The van der Waals surface area contributed by atoms with Crippen molar-refractivity contribution in [1.29, 1.82) is 0 Å². The summed E-state index contributed by atoms with van der Waals surface area (Å²) >= 11 is 24.1. The molecule has 0 heterocycles. The zero-order valence-electron chi connectivity index (χ0n) is 13.8. The van der Waals surface area contributed by atoms with Crippen LogP contribution in [0.2, 0.25) is 5.02 Å². The number of benzene rings is 2. The van der Waals surface area contributed by atoms with Gasteiger partial charge in [0.15, 0.2) is 0 Å². The van der Waals surface area contributed by atoms with E-state index in [4.69, 9.17) is 44.3 Å². The summed E-state index contributed by atoms with van der Waals surface area (Å²) in [6, 6.07) is 11.7. The fourth-order valence-electron chi connectivity index (χ4n) is 2.22. The van der Waals surface area contributed by atoms with Gasteiger partial charge < -0.3 is 9.47 Å². The van der Waals surface area contributed by atoms with Crippen LogP contribution in [0.4, 0.5) is 0 Å². The first kappa shape index (κ1) is 21.9. The van der Waals surface area contributed by atoms with E-state index < -0.39 is 0 Å². The predicted octanol–water partition coefficient (Wildman–Crippen LogP) is 7.96. The number of hydrogen-bond acceptors (Lipinski definition) is 2. The monoisotopic (exact) mass is 540 g/mol. The smallest absolute Gasteiger partial charge is 0.147 e. The Bertz CT molecular complexity index is 722. The molecule has 0 aliphatic rings. The van der Waals surface area contributed by atoms with Gasteiger partial charge in [-0.25, -0.2) is 0 Å². The van der Waals surface area contributed by atoms with Crippen molar-refractivity contribution in [2.75, 3.05) is 13.2 Å². The fraction of sp³-hybridized carbons (Fsp3) is 0.263. The summed E-state index contributed by atoms with van der Waals surface area (Å²) in [5.74, 6) is 1.44. The Hall–Kier alpha value is -0.390. The van der Waals surface area contributed by atoms with E-state index in [1.54, 1.807) is 6.08 Å². The van der Waals surface area contributed by atoms with Crippen LogP contribution in [0.15, 0.2) is 55.9 Å². The van der Waals surface area contributed by atoms with Crippen LogP contribution in [0.1, 0.15) is 18.4 Å². The van der Waals surface area contributed by atoms with Gasteiger partial charge in [0.2, 0.25) is 0 Å². The average Bonchev–Trinajstić information content (AvgIpc) is 2.58. The Morgan fingerprint density at radius 3 is 2.23 bits per heavy atom. The number of ether oxygens (including phenoxy) is 2. The van der Waals surface area contributed by atoms with E-state index in [1.165, 1.54) is 5.56 Å². The maximum atomic E-state index is 5.90. The molecule has 2 aromatic rings. The zero-order valence-corrected chi connectivity index (χ0v) is 19.2. The first-order valence-corrected chi connectivity index (χ1v) is 10.7. The van der Waals surface area contributed by atoms with E-state index in [9.17, 15) is 0 Å². The fourth-order valence-corrected chi connectivity index (χ4v) is 3.84. The highest BCUT2D eigenvalue weighted by Gasteiger charge is 2.10. The van der Waals surface area contributed by atoms with Crippen molar-refractivity contribution in [3.8, 4) is 11.5 Å². The highest BCUT2D eigenvalue weighted by molar-refractivity contribution is 9.11. The van der Waals surface area contributed by atoms with Crippen LogP contribution in [0.25, 0.3) is 0 Å². The van der Waals surface area contributed by atoms with Crippen LogP contribution >= 0.6 is 66.7 Å². The van der Waals surface area contributed by atoms with Gasteiger partial charge in [0, 0.05) is 5.02 Å². The second-order valence-electron chi connectivity index (χ2n) is 5.45. The summed E-state index contributed by atoms with van der Waals surface area (Å²) in [6.07, 6.45) is 4.59. The molecule has 0 aromatic heterocycles. The first-order chi connectivity index (χ1) is 12.5. The minimum absolute atomic E-state index is 0.182. The molecule has 0 spiro atoms. The Kier molecular flexibility index (Phi) is 9.65. The molecule has 0 amide bonds. The number of halogens is 5. The van der Waals surface area contributed by atoms with Gasteiger partial charge in [-0.3, -0.25) is 0 Å². The lowest BCUT2D eigenvalue weighted by Crippen LogP contribution is -2.01. The summed E-state index contributed by atoms with van der Waals surface area (Å²) in [4.78, 5) is 0. The van der Waals surface area contributed by atoms with Crippen molar-refractivity contribution in [2.45, 2.75) is 19.3 Å². The normalized spacial score (nSPS) is 10.5. The quantitative estimate of drug-likeness (QED) is 0.299. The van der Waals surface area contributed by atoms with Crippen molar-refractivity contribution in [3.05, 3.63) is 66.5 Å². The lowest BCUT2D eigenvalue weighted by atomic mass is 10.1. The molecule has 0 radical (unpaired) electrons. The van der Waals surface area contributed by atoms with Crippen molar-refractivity contribution in [1.82, 2.24) is 0 Å². The van der Waals surface area contributed by atoms with E-state index in [2.05, 4.69) is 44.0 Å². The Morgan fingerprint density at radius 1 is 0.962 bits per heavy atom. The minimum atomic E-state index is 0.182. The second kappa shape index (κ2) is 11.5. The Morgan fingerprint density at radius 2 is 1.62 bits per heavy atom. The summed E-state index contributed by atoms with van der Waals surface area (Å²) in [5.41, 5.74) is 1.28. The molecule has 0 aliphatic heterocycles. The van der Waals surface area contributed by atoms with Crippen LogP contribution in [-0.4, -0.2) is 13.2 Å². The van der Waals surface area contributed by atoms with Crippen LogP contribution in [0.3, 0.4) is 0 Å². The van der Waals surface area contributed by atoms with E-state index in [0.717, 1.165) is 39.0 Å². The topological polar surface area (TPSA) is 18.5 Å². The van der Waals surface area contributed by atoms with Gasteiger partial charge in [-0.15, -0.1) is 0 Å². The molecule has 0 atom stereocenters. The van der Waals surface area contributed by atoms with E-state index >= 15 is 0 Å². The van der Waals surface area contributed by atoms with Crippen LogP contribution in [0.5, 0.6) is 11.5 Å². The van der Waals surface area contributed by atoms with Gasteiger partial charge >= 0.3 is 0 Å². The molecule has 7 heteroatoms. The van der Waals surface area contributed by atoms with Gasteiger partial charge in [0.1, 0.15) is 22.6 Å². The third-order valence-corrected chi connectivity index (χ3v) is 5.22. The summed E-state index contributed by atoms with van der Waals surface area (Å²) < 4.78 is 13.3. The third-order valence-electron chi connectivity index (χ3n) is 3.48. The van der Waals surface area contributed by atoms with Crippen molar-refractivity contribution < 1.29 is 9.47 Å². The lowest BCUT2D eigenvalue weighted by Gasteiger charge is -2.12. The summed E-state index contributed by atoms with van der Waals surface area (Å²) in [6.45, 7) is 0.932. The molecule has 0 bridgehead atoms. The predicted molar refractivity (Wildman–Crippen MR) is 117 cm³/mol. The standard InChI is InChI=1S/C19H17Br2Cl3O2/c20-16-11-15(25-10-8-18(23)24)12-17(21)19(16)26-9-2-1-3-13-4-6-14(22)7-5-13/h4-8,11-12H,1-3,9-10H2. The largest absolute Gasteiger partial charge is 0.491 e. The number of rotatable bonds is 9. The molecular formula is C19H17Br2Cl3O2. The summed E-state index contributed by atoms with van der Waals surface area (Å²) in [7, 11) is 0. The molecule has 0 saturated carbocycles. The van der Waals surface area contributed by atoms with Crippen LogP contribution in [0, 0.1) is 0 Å². The molecule has 2 nitrogen and oxygen atoms in total. The van der Waals surface area contributed by atoms with Crippen molar-refractivity contribution in [3.63, 3.8) is 0 Å². The molecule has 26 heavy (non-hydrogen) atoms. The third kappa shape index (κ3) is 7.69. The number of unbranched alkanes of at least 4 members (excludes halogenated alkanes) is 1. The molecule has 0 aliphatic carbocycles. The first-order valence-electron chi connectivity index (χ1n) is 7.96. The zero-order chi connectivity index (χ0) is 18.9. The maximum Gasteiger partial charge on any atom is 0.147 e. The van der Waals surface area contributed by atoms with Gasteiger partial charge in [-0.05, 0) is 87.0 Å². The molecule has 0 N–H and O–H groups in total. The molecule has 0 saturated heterocycles. The van der Waals surface area contributed by atoms with E-state index in [-0.39, 0.29) is 4.49 Å². The van der Waals surface area contributed by atoms with Crippen LogP contribution < -0.4 is 9.47 Å². The van der Waals surface area contributed by atoms with Gasteiger partial charge in [-0.1, -0.05) is 46.9 Å². The molecular weight excluding hydrogens is 526 g/mol. The average molecular weight is 544 g/mol. The SMILES string of the molecule is ClC(Cl)=CCOc1cc(Br)c(OCCCCc2ccc(Cl)cc2)c(Br)c1. The van der Waals surface area contributed by atoms with Gasteiger partial charge in [-0.2, -0.15) is 0 Å². The van der Waals surface area contributed by atoms with E-state index in [0.29, 0.717) is 19.0 Å². The van der Waals surface area contributed by atoms with Crippen molar-refractivity contribution in [2.24, 2.45) is 0 Å². The molecule has 0 unspecified atom stereocenters. The lowest BCUT2D eigenvalue weighted by molar-refractivity contribution is 0.301. The number of hydrogen-bond donors (Lipinski definition) is 0. The number of aryl methyl sites for hydroxylation is 1.